The fourth-order valence-corrected chi connectivity index (χ4v) is 3.69. The number of nitrogens with one attached hydrogen (secondary N) is 1. The van der Waals surface area contributed by atoms with E-state index < -0.39 is 0 Å². The zero-order chi connectivity index (χ0) is 22.2. The van der Waals surface area contributed by atoms with Gasteiger partial charge in [-0.15, -0.1) is 0 Å². The van der Waals surface area contributed by atoms with E-state index in [4.69, 9.17) is 9.47 Å². The number of ether oxygens (including phenoxy) is 2. The van der Waals surface area contributed by atoms with E-state index in [9.17, 15) is 9.59 Å². The zero-order valence-corrected chi connectivity index (χ0v) is 18.5. The highest BCUT2D eigenvalue weighted by molar-refractivity contribution is 5.81. The van der Waals surface area contributed by atoms with Crippen LogP contribution in [0.2, 0.25) is 0 Å². The standard InChI is InChI=1S/C25H32N2O4/c1-18(2)31-23-11-7-8-21(16-23)19(3)26-25(29)20-12-14-27(15-13-20)24(28)17-30-22-9-5-4-6-10-22/h4-11,16,18-20H,12-15,17H2,1-3H3,(H,26,29)/t19-/m0/s1. The Morgan fingerprint density at radius 3 is 2.35 bits per heavy atom. The number of benzene rings is 2. The third-order valence-electron chi connectivity index (χ3n) is 5.41. The quantitative estimate of drug-likeness (QED) is 0.696. The van der Waals surface area contributed by atoms with Crippen molar-refractivity contribution in [2.24, 2.45) is 5.92 Å². The van der Waals surface area contributed by atoms with Crippen molar-refractivity contribution >= 4 is 11.8 Å². The van der Waals surface area contributed by atoms with Crippen LogP contribution >= 0.6 is 0 Å². The monoisotopic (exact) mass is 424 g/mol. The summed E-state index contributed by atoms with van der Waals surface area (Å²) in [5.74, 6) is 1.39. The first kappa shape index (κ1) is 22.7. The molecule has 6 nitrogen and oxygen atoms in total. The van der Waals surface area contributed by atoms with Gasteiger partial charge in [0.2, 0.25) is 5.91 Å². The molecule has 2 aromatic carbocycles. The van der Waals surface area contributed by atoms with Crippen molar-refractivity contribution in [3.05, 3.63) is 60.2 Å². The summed E-state index contributed by atoms with van der Waals surface area (Å²) >= 11 is 0. The van der Waals surface area contributed by atoms with Crippen molar-refractivity contribution in [2.45, 2.75) is 45.8 Å². The molecule has 0 unspecified atom stereocenters. The van der Waals surface area contributed by atoms with Gasteiger partial charge in [-0.3, -0.25) is 9.59 Å². The summed E-state index contributed by atoms with van der Waals surface area (Å²) in [5.41, 5.74) is 1.01. The van der Waals surface area contributed by atoms with E-state index in [2.05, 4.69) is 5.32 Å². The summed E-state index contributed by atoms with van der Waals surface area (Å²) in [7, 11) is 0. The number of piperidine rings is 1. The molecule has 1 aliphatic rings. The normalized spacial score (nSPS) is 15.4. The second-order valence-electron chi connectivity index (χ2n) is 8.23. The summed E-state index contributed by atoms with van der Waals surface area (Å²) in [6.45, 7) is 7.12. The van der Waals surface area contributed by atoms with Crippen LogP contribution in [0.4, 0.5) is 0 Å². The van der Waals surface area contributed by atoms with Gasteiger partial charge < -0.3 is 19.7 Å². The van der Waals surface area contributed by atoms with Crippen LogP contribution in [0.15, 0.2) is 54.6 Å². The molecular formula is C25H32N2O4. The van der Waals surface area contributed by atoms with Gasteiger partial charge >= 0.3 is 0 Å². The molecule has 0 radical (unpaired) electrons. The van der Waals surface area contributed by atoms with Crippen molar-refractivity contribution in [3.63, 3.8) is 0 Å². The molecule has 6 heteroatoms. The van der Waals surface area contributed by atoms with Crippen LogP contribution in [0.25, 0.3) is 0 Å². The van der Waals surface area contributed by atoms with E-state index in [1.54, 1.807) is 4.90 Å². The summed E-state index contributed by atoms with van der Waals surface area (Å²) in [5, 5.41) is 3.11. The first-order valence-corrected chi connectivity index (χ1v) is 10.9. The lowest BCUT2D eigenvalue weighted by Gasteiger charge is -2.32. The number of amides is 2. The molecule has 3 rings (SSSR count). The molecule has 1 saturated heterocycles. The van der Waals surface area contributed by atoms with Gasteiger partial charge in [-0.05, 0) is 63.4 Å². The van der Waals surface area contributed by atoms with Crippen LogP contribution in [0.1, 0.15) is 45.2 Å². The summed E-state index contributed by atoms with van der Waals surface area (Å²) in [6.07, 6.45) is 1.42. The zero-order valence-electron chi connectivity index (χ0n) is 18.5. The predicted molar refractivity (Wildman–Crippen MR) is 120 cm³/mol. The van der Waals surface area contributed by atoms with E-state index in [1.807, 2.05) is 75.4 Å². The van der Waals surface area contributed by atoms with Crippen molar-refractivity contribution in [3.8, 4) is 11.5 Å². The molecule has 0 spiro atoms. The lowest BCUT2D eigenvalue weighted by molar-refractivity contribution is -0.137. The molecule has 0 aliphatic carbocycles. The average Bonchev–Trinajstić information content (AvgIpc) is 2.78. The molecule has 0 saturated carbocycles. The fourth-order valence-electron chi connectivity index (χ4n) is 3.69. The van der Waals surface area contributed by atoms with E-state index in [-0.39, 0.29) is 36.5 Å². The van der Waals surface area contributed by atoms with E-state index >= 15 is 0 Å². The number of rotatable bonds is 8. The fraction of sp³-hybridized carbons (Fsp3) is 0.440. The molecule has 1 N–H and O–H groups in total. The van der Waals surface area contributed by atoms with Gasteiger partial charge in [-0.25, -0.2) is 0 Å². The Kier molecular flexibility index (Phi) is 7.93. The number of para-hydroxylation sites is 1. The van der Waals surface area contributed by atoms with Crippen LogP contribution < -0.4 is 14.8 Å². The number of hydrogen-bond donors (Lipinski definition) is 1. The number of hydrogen-bond acceptors (Lipinski definition) is 4. The Morgan fingerprint density at radius 1 is 1.00 bits per heavy atom. The van der Waals surface area contributed by atoms with Crippen LogP contribution in [0.5, 0.6) is 11.5 Å². The maximum Gasteiger partial charge on any atom is 0.260 e. The third kappa shape index (κ3) is 6.74. The summed E-state index contributed by atoms with van der Waals surface area (Å²) < 4.78 is 11.3. The second-order valence-corrected chi connectivity index (χ2v) is 8.23. The third-order valence-corrected chi connectivity index (χ3v) is 5.41. The Labute approximate surface area is 184 Å². The van der Waals surface area contributed by atoms with Gasteiger partial charge in [-0.2, -0.15) is 0 Å². The topological polar surface area (TPSA) is 67.9 Å². The highest BCUT2D eigenvalue weighted by Crippen LogP contribution is 2.23. The van der Waals surface area contributed by atoms with Crippen LogP contribution in [-0.4, -0.2) is 42.5 Å². The minimum absolute atomic E-state index is 0.0205. The van der Waals surface area contributed by atoms with Crippen LogP contribution in [0, 0.1) is 5.92 Å². The van der Waals surface area contributed by atoms with Gasteiger partial charge in [0.25, 0.3) is 5.91 Å². The Morgan fingerprint density at radius 2 is 1.68 bits per heavy atom. The largest absolute Gasteiger partial charge is 0.491 e. The molecule has 0 aromatic heterocycles. The van der Waals surface area contributed by atoms with Gasteiger partial charge in [0.05, 0.1) is 12.1 Å². The van der Waals surface area contributed by atoms with Gasteiger partial charge in [0, 0.05) is 19.0 Å². The molecule has 0 bridgehead atoms. The van der Waals surface area contributed by atoms with Crippen molar-refractivity contribution < 1.29 is 19.1 Å². The van der Waals surface area contributed by atoms with Crippen molar-refractivity contribution in [2.75, 3.05) is 19.7 Å². The molecule has 166 valence electrons. The van der Waals surface area contributed by atoms with Crippen LogP contribution in [-0.2, 0) is 9.59 Å². The lowest BCUT2D eigenvalue weighted by atomic mass is 9.95. The maximum atomic E-state index is 12.8. The molecule has 1 heterocycles. The Balaban J connectivity index is 1.45. The number of carbonyl (C=O) groups excluding carboxylic acids is 2. The minimum atomic E-state index is -0.109. The highest BCUT2D eigenvalue weighted by atomic mass is 16.5. The summed E-state index contributed by atoms with van der Waals surface area (Å²) in [6, 6.07) is 17.0. The number of likely N-dealkylation sites (tertiary alicyclic amines) is 1. The lowest BCUT2D eigenvalue weighted by Crippen LogP contribution is -2.44. The smallest absolute Gasteiger partial charge is 0.260 e. The molecule has 1 aliphatic heterocycles. The first-order valence-electron chi connectivity index (χ1n) is 10.9. The van der Waals surface area contributed by atoms with E-state index in [1.165, 1.54) is 0 Å². The molecule has 1 atom stereocenters. The summed E-state index contributed by atoms with van der Waals surface area (Å²) in [4.78, 5) is 26.9. The van der Waals surface area contributed by atoms with Gasteiger partial charge in [-0.1, -0.05) is 30.3 Å². The maximum absolute atomic E-state index is 12.8. The van der Waals surface area contributed by atoms with Gasteiger partial charge in [0.15, 0.2) is 6.61 Å². The Hall–Kier alpha value is -3.02. The molecule has 31 heavy (non-hydrogen) atoms. The minimum Gasteiger partial charge on any atom is -0.491 e. The molecule has 2 aromatic rings. The van der Waals surface area contributed by atoms with Crippen molar-refractivity contribution in [1.82, 2.24) is 10.2 Å². The average molecular weight is 425 g/mol. The van der Waals surface area contributed by atoms with Crippen LogP contribution in [0.3, 0.4) is 0 Å². The van der Waals surface area contributed by atoms with E-state index in [0.29, 0.717) is 31.7 Å². The van der Waals surface area contributed by atoms with E-state index in [0.717, 1.165) is 11.3 Å². The van der Waals surface area contributed by atoms with Gasteiger partial charge in [0.1, 0.15) is 11.5 Å². The van der Waals surface area contributed by atoms with Crippen molar-refractivity contribution in [1.29, 1.82) is 0 Å². The predicted octanol–water partition coefficient (Wildman–Crippen LogP) is 3.97. The molecule has 1 fully saturated rings. The Bertz CT molecular complexity index is 861. The number of carbonyl (C=O) groups is 2. The second kappa shape index (κ2) is 10.8. The molecular weight excluding hydrogens is 392 g/mol. The number of nitrogens with zero attached hydrogens (tertiary/aromatic N) is 1. The molecule has 2 amide bonds. The highest BCUT2D eigenvalue weighted by Gasteiger charge is 2.28. The first-order chi connectivity index (χ1) is 14.9. The SMILES string of the molecule is CC(C)Oc1cccc([C@H](C)NC(=O)C2CCN(C(=O)COc3ccccc3)CC2)c1.